The summed E-state index contributed by atoms with van der Waals surface area (Å²) >= 11 is 0. The molecule has 0 saturated carbocycles. The Morgan fingerprint density at radius 2 is 2.12 bits per heavy atom. The van der Waals surface area contributed by atoms with Gasteiger partial charge in [0.05, 0.1) is 12.2 Å². The summed E-state index contributed by atoms with van der Waals surface area (Å²) in [5, 5.41) is 10.1. The van der Waals surface area contributed by atoms with Gasteiger partial charge in [-0.1, -0.05) is 43.2 Å². The van der Waals surface area contributed by atoms with Crippen LogP contribution in [0.2, 0.25) is 0 Å². The second kappa shape index (κ2) is 6.66. The minimum Gasteiger partial charge on any atom is -0.390 e. The molecule has 0 fully saturated rings. The normalized spacial score (nSPS) is 14.8. The number of aliphatic hydroxyl groups excluding tert-OH is 1. The lowest BCUT2D eigenvalue weighted by atomic mass is 10.00. The van der Waals surface area contributed by atoms with E-state index in [4.69, 9.17) is 4.74 Å². The van der Waals surface area contributed by atoms with E-state index in [1.807, 2.05) is 6.07 Å². The van der Waals surface area contributed by atoms with E-state index in [1.54, 1.807) is 7.11 Å². The van der Waals surface area contributed by atoms with Gasteiger partial charge in [0.2, 0.25) is 0 Å². The molecule has 0 heterocycles. The van der Waals surface area contributed by atoms with Gasteiger partial charge in [0, 0.05) is 13.5 Å². The molecule has 0 amide bonds. The first-order valence-corrected chi connectivity index (χ1v) is 5.93. The van der Waals surface area contributed by atoms with Crippen LogP contribution in [-0.2, 0) is 11.2 Å². The van der Waals surface area contributed by atoms with E-state index in [0.717, 1.165) is 12.8 Å². The molecular weight excluding hydrogens is 200 g/mol. The molecule has 0 saturated heterocycles. The minimum absolute atomic E-state index is 0.0505. The van der Waals surface area contributed by atoms with Crippen molar-refractivity contribution in [2.24, 2.45) is 0 Å². The van der Waals surface area contributed by atoms with Crippen LogP contribution in [-0.4, -0.2) is 24.4 Å². The standard InChI is InChI=1S/C14H22O2/c1-4-6-14(16-3)13(15)10-12-8-5-7-11(2)9-12/h5,7-9,13-15H,4,6,10H2,1-3H3. The van der Waals surface area contributed by atoms with Gasteiger partial charge in [-0.15, -0.1) is 0 Å². The fourth-order valence-corrected chi connectivity index (χ4v) is 1.96. The Morgan fingerprint density at radius 3 is 2.69 bits per heavy atom. The van der Waals surface area contributed by atoms with Crippen molar-refractivity contribution in [2.75, 3.05) is 7.11 Å². The lowest BCUT2D eigenvalue weighted by Crippen LogP contribution is -2.29. The van der Waals surface area contributed by atoms with Crippen LogP contribution in [0.15, 0.2) is 24.3 Å². The molecule has 0 spiro atoms. The predicted octanol–water partition coefficient (Wildman–Crippen LogP) is 2.71. The summed E-state index contributed by atoms with van der Waals surface area (Å²) in [7, 11) is 1.67. The highest BCUT2D eigenvalue weighted by Crippen LogP contribution is 2.13. The fourth-order valence-electron chi connectivity index (χ4n) is 1.96. The Labute approximate surface area is 98.3 Å². The Bertz CT molecular complexity index is 309. The number of aliphatic hydroxyl groups is 1. The molecule has 0 aromatic heterocycles. The molecule has 1 aromatic carbocycles. The highest BCUT2D eigenvalue weighted by Gasteiger charge is 2.17. The van der Waals surface area contributed by atoms with Gasteiger partial charge in [0.25, 0.3) is 0 Å². The number of ether oxygens (including phenoxy) is 1. The summed E-state index contributed by atoms with van der Waals surface area (Å²) < 4.78 is 5.30. The van der Waals surface area contributed by atoms with Crippen molar-refractivity contribution in [1.82, 2.24) is 0 Å². The van der Waals surface area contributed by atoms with E-state index >= 15 is 0 Å². The summed E-state index contributed by atoms with van der Waals surface area (Å²) in [6, 6.07) is 8.26. The van der Waals surface area contributed by atoms with Gasteiger partial charge in [-0.05, 0) is 18.9 Å². The third-order valence-electron chi connectivity index (χ3n) is 2.83. The van der Waals surface area contributed by atoms with Crippen LogP contribution >= 0.6 is 0 Å². The van der Waals surface area contributed by atoms with Crippen molar-refractivity contribution in [3.8, 4) is 0 Å². The van der Waals surface area contributed by atoms with Crippen molar-refractivity contribution in [3.05, 3.63) is 35.4 Å². The number of hydrogen-bond donors (Lipinski definition) is 1. The van der Waals surface area contributed by atoms with Crippen LogP contribution in [0, 0.1) is 6.92 Å². The molecule has 1 rings (SSSR count). The third-order valence-corrected chi connectivity index (χ3v) is 2.83. The molecule has 1 aromatic rings. The zero-order valence-electron chi connectivity index (χ0n) is 10.4. The lowest BCUT2D eigenvalue weighted by Gasteiger charge is -2.21. The van der Waals surface area contributed by atoms with Crippen LogP contribution in [0.1, 0.15) is 30.9 Å². The van der Waals surface area contributed by atoms with Gasteiger partial charge in [-0.25, -0.2) is 0 Å². The van der Waals surface area contributed by atoms with Crippen molar-refractivity contribution in [1.29, 1.82) is 0 Å². The molecule has 2 unspecified atom stereocenters. The molecule has 16 heavy (non-hydrogen) atoms. The number of hydrogen-bond acceptors (Lipinski definition) is 2. The van der Waals surface area contributed by atoms with E-state index in [0.29, 0.717) is 6.42 Å². The van der Waals surface area contributed by atoms with E-state index in [1.165, 1.54) is 11.1 Å². The minimum atomic E-state index is -0.410. The molecule has 2 heteroatoms. The van der Waals surface area contributed by atoms with Crippen LogP contribution < -0.4 is 0 Å². The lowest BCUT2D eigenvalue weighted by molar-refractivity contribution is -0.0159. The summed E-state index contributed by atoms with van der Waals surface area (Å²) in [5.41, 5.74) is 2.40. The smallest absolute Gasteiger partial charge is 0.0841 e. The zero-order chi connectivity index (χ0) is 12.0. The maximum atomic E-state index is 10.1. The van der Waals surface area contributed by atoms with Crippen LogP contribution in [0.5, 0.6) is 0 Å². The highest BCUT2D eigenvalue weighted by molar-refractivity contribution is 5.22. The predicted molar refractivity (Wildman–Crippen MR) is 66.6 cm³/mol. The first-order valence-electron chi connectivity index (χ1n) is 5.93. The monoisotopic (exact) mass is 222 g/mol. The van der Waals surface area contributed by atoms with Crippen LogP contribution in [0.3, 0.4) is 0 Å². The molecule has 2 atom stereocenters. The number of benzene rings is 1. The summed E-state index contributed by atoms with van der Waals surface area (Å²) in [4.78, 5) is 0. The van der Waals surface area contributed by atoms with Gasteiger partial charge in [0.1, 0.15) is 0 Å². The average Bonchev–Trinajstić information content (AvgIpc) is 2.25. The van der Waals surface area contributed by atoms with Gasteiger partial charge in [0.15, 0.2) is 0 Å². The van der Waals surface area contributed by atoms with Crippen LogP contribution in [0.25, 0.3) is 0 Å². The first kappa shape index (κ1) is 13.2. The molecule has 2 nitrogen and oxygen atoms in total. The average molecular weight is 222 g/mol. The van der Waals surface area contributed by atoms with Gasteiger partial charge < -0.3 is 9.84 Å². The SMILES string of the molecule is CCCC(OC)C(O)Cc1cccc(C)c1. The molecule has 0 radical (unpaired) electrons. The first-order chi connectivity index (χ1) is 7.67. The van der Waals surface area contributed by atoms with Crippen molar-refractivity contribution >= 4 is 0 Å². The van der Waals surface area contributed by atoms with Crippen molar-refractivity contribution < 1.29 is 9.84 Å². The van der Waals surface area contributed by atoms with Gasteiger partial charge >= 0.3 is 0 Å². The van der Waals surface area contributed by atoms with Crippen molar-refractivity contribution in [2.45, 2.75) is 45.3 Å². The van der Waals surface area contributed by atoms with E-state index < -0.39 is 6.10 Å². The number of aryl methyl sites for hydroxylation is 1. The molecular formula is C14H22O2. The second-order valence-electron chi connectivity index (χ2n) is 4.32. The van der Waals surface area contributed by atoms with E-state index in [9.17, 15) is 5.11 Å². The summed E-state index contributed by atoms with van der Waals surface area (Å²) in [6.45, 7) is 4.17. The molecule has 0 bridgehead atoms. The highest BCUT2D eigenvalue weighted by atomic mass is 16.5. The number of methoxy groups -OCH3 is 1. The molecule has 0 aliphatic carbocycles. The Morgan fingerprint density at radius 1 is 1.38 bits per heavy atom. The van der Waals surface area contributed by atoms with E-state index in [2.05, 4.69) is 32.0 Å². The zero-order valence-corrected chi connectivity index (χ0v) is 10.4. The Hall–Kier alpha value is -0.860. The van der Waals surface area contributed by atoms with Crippen LogP contribution in [0.4, 0.5) is 0 Å². The Balaban J connectivity index is 2.58. The third kappa shape index (κ3) is 3.95. The largest absolute Gasteiger partial charge is 0.390 e. The van der Waals surface area contributed by atoms with E-state index in [-0.39, 0.29) is 6.10 Å². The van der Waals surface area contributed by atoms with Gasteiger partial charge in [-0.2, -0.15) is 0 Å². The van der Waals surface area contributed by atoms with Gasteiger partial charge in [-0.3, -0.25) is 0 Å². The Kier molecular flexibility index (Phi) is 5.50. The topological polar surface area (TPSA) is 29.5 Å². The molecule has 0 aliphatic heterocycles. The maximum absolute atomic E-state index is 10.1. The maximum Gasteiger partial charge on any atom is 0.0841 e. The molecule has 0 aliphatic rings. The quantitative estimate of drug-likeness (QED) is 0.802. The number of rotatable bonds is 6. The summed E-state index contributed by atoms with van der Waals surface area (Å²) in [5.74, 6) is 0. The second-order valence-corrected chi connectivity index (χ2v) is 4.32. The summed E-state index contributed by atoms with van der Waals surface area (Å²) in [6.07, 6.45) is 2.14. The fraction of sp³-hybridized carbons (Fsp3) is 0.571. The molecule has 1 N–H and O–H groups in total. The molecule has 90 valence electrons. The van der Waals surface area contributed by atoms with Crippen molar-refractivity contribution in [3.63, 3.8) is 0 Å².